The van der Waals surface area contributed by atoms with Crippen LogP contribution in [0.4, 0.5) is 4.39 Å². The molecule has 47 heavy (non-hydrogen) atoms. The van der Waals surface area contributed by atoms with Crippen molar-refractivity contribution in [2.75, 3.05) is 32.7 Å². The summed E-state index contributed by atoms with van der Waals surface area (Å²) in [5, 5.41) is 17.2. The minimum Gasteiger partial charge on any atom is -0.548 e. The molecule has 2 fully saturated rings. The van der Waals surface area contributed by atoms with Crippen molar-refractivity contribution in [3.63, 3.8) is 0 Å². The van der Waals surface area contributed by atoms with Gasteiger partial charge in [-0.15, -0.1) is 0 Å². The Labute approximate surface area is 280 Å². The van der Waals surface area contributed by atoms with E-state index in [9.17, 15) is 14.3 Å². The minimum absolute atomic E-state index is 0. The Morgan fingerprint density at radius 1 is 1.06 bits per heavy atom. The Balaban J connectivity index is 0.00000500. The van der Waals surface area contributed by atoms with Crippen LogP contribution in [0, 0.1) is 17.7 Å². The Morgan fingerprint density at radius 3 is 2.36 bits per heavy atom. The van der Waals surface area contributed by atoms with Crippen LogP contribution in [0.5, 0.6) is 5.75 Å². The van der Waals surface area contributed by atoms with Gasteiger partial charge in [0.1, 0.15) is 17.2 Å². The number of carbonyl (C=O) groups is 1. The van der Waals surface area contributed by atoms with Crippen LogP contribution in [0.3, 0.4) is 0 Å². The number of halogens is 1. The molecule has 0 radical (unpaired) electrons. The maximum absolute atomic E-state index is 14.3. The summed E-state index contributed by atoms with van der Waals surface area (Å²) < 4.78 is 22.5. The largest absolute Gasteiger partial charge is 0.548 e. The number of likely N-dealkylation sites (tertiary alicyclic amines) is 2. The third kappa shape index (κ3) is 9.21. The van der Waals surface area contributed by atoms with Gasteiger partial charge < -0.3 is 25.7 Å². The van der Waals surface area contributed by atoms with Crippen molar-refractivity contribution in [3.05, 3.63) is 82.9 Å². The summed E-state index contributed by atoms with van der Waals surface area (Å²) in [6, 6.07) is 16.9. The van der Waals surface area contributed by atoms with Crippen molar-refractivity contribution >= 4 is 5.97 Å². The van der Waals surface area contributed by atoms with Crippen molar-refractivity contribution in [1.29, 1.82) is 0 Å². The first-order chi connectivity index (χ1) is 21.9. The van der Waals surface area contributed by atoms with E-state index in [0.717, 1.165) is 68.9 Å². The van der Waals surface area contributed by atoms with Gasteiger partial charge in [-0.3, -0.25) is 9.58 Å². The number of quaternary nitrogens is 1. The fourth-order valence-corrected chi connectivity index (χ4v) is 7.53. The number of hydrogen-bond donors (Lipinski definition) is 1. The molecule has 0 bridgehead atoms. The number of carbonyl (C=O) groups excluding carboxylic acids is 1. The number of carboxylic acid groups (broad SMARTS) is 1. The van der Waals surface area contributed by atoms with E-state index in [0.29, 0.717) is 19.0 Å². The predicted octanol–water partition coefficient (Wildman–Crippen LogP) is 6.25. The number of rotatable bonds is 12. The molecule has 0 unspecified atom stereocenters. The van der Waals surface area contributed by atoms with Gasteiger partial charge >= 0.3 is 0 Å². The quantitative estimate of drug-likeness (QED) is 0.249. The van der Waals surface area contributed by atoms with Crippen LogP contribution in [0.15, 0.2) is 54.6 Å². The first kappa shape index (κ1) is 36.6. The van der Waals surface area contributed by atoms with Gasteiger partial charge in [-0.25, -0.2) is 4.39 Å². The van der Waals surface area contributed by atoms with E-state index < -0.39 is 12.0 Å². The normalized spacial score (nSPS) is 20.9. The van der Waals surface area contributed by atoms with Crippen molar-refractivity contribution in [3.8, 4) is 5.75 Å². The van der Waals surface area contributed by atoms with Gasteiger partial charge in [0.15, 0.2) is 0 Å². The molecule has 0 spiro atoms. The van der Waals surface area contributed by atoms with Crippen LogP contribution >= 0.6 is 0 Å². The molecule has 3 aromatic rings. The number of aryl methyl sites for hydroxylation is 1. The van der Waals surface area contributed by atoms with Crippen LogP contribution in [0.1, 0.15) is 95.2 Å². The Kier molecular flexibility index (Phi) is 12.3. The van der Waals surface area contributed by atoms with E-state index in [1.807, 2.05) is 32.0 Å². The second-order valence-electron chi connectivity index (χ2n) is 14.5. The molecule has 2 aromatic carbocycles. The number of nitrogens with zero attached hydrogens (tertiary/aromatic N) is 4. The monoisotopic (exact) mass is 649 g/mol. The van der Waals surface area contributed by atoms with E-state index >= 15 is 0 Å². The Hall–Kier alpha value is -3.27. The van der Waals surface area contributed by atoms with Crippen LogP contribution in [-0.4, -0.2) is 69.9 Å². The smallest absolute Gasteiger partial charge is 0.123 e. The topological polar surface area (TPSA) is 110 Å². The molecular weight excluding hydrogens is 593 g/mol. The van der Waals surface area contributed by atoms with Gasteiger partial charge in [0, 0.05) is 50.1 Å². The molecule has 4 N–H and O–H groups in total. The molecule has 3 heterocycles. The van der Waals surface area contributed by atoms with Crippen molar-refractivity contribution in [1.82, 2.24) is 25.7 Å². The third-order valence-corrected chi connectivity index (χ3v) is 9.96. The summed E-state index contributed by atoms with van der Waals surface area (Å²) >= 11 is 0. The lowest BCUT2D eigenvalue weighted by atomic mass is 9.87. The molecule has 2 aliphatic rings. The second-order valence-corrected chi connectivity index (χ2v) is 14.5. The van der Waals surface area contributed by atoms with Crippen LogP contribution in [0.2, 0.25) is 0 Å². The van der Waals surface area contributed by atoms with E-state index in [1.54, 1.807) is 12.1 Å². The number of piperidine rings is 1. The molecule has 0 aliphatic carbocycles. The number of aliphatic carboxylic acids is 1. The van der Waals surface area contributed by atoms with Gasteiger partial charge in [-0.1, -0.05) is 44.5 Å². The average Bonchev–Trinajstić information content (AvgIpc) is 3.61. The lowest BCUT2D eigenvalue weighted by Gasteiger charge is -2.35. The SMILES string of the molecule is CC[C@@H](C)[C@H](C(=O)[O-])N1C[C@H](CN2CCC(c3cc(Cc4ccc(OC(C)(C)C)cc4)nn3CC)CC2)[C@@H](c2cccc(F)c2)C1.[NH4+]. The molecule has 1 aromatic heterocycles. The molecule has 0 saturated carbocycles. The molecule has 2 saturated heterocycles. The van der Waals surface area contributed by atoms with Crippen LogP contribution < -0.4 is 16.0 Å². The molecule has 2 aliphatic heterocycles. The molecule has 258 valence electrons. The Bertz CT molecular complexity index is 1440. The zero-order valence-electron chi connectivity index (χ0n) is 29.5. The number of ether oxygens (including phenoxy) is 1. The standard InChI is InChI=1S/C38H53FN4O3.H3N/c1-7-26(3)36(37(44)45)42-24-30(34(25-42)29-10-9-11-31(39)21-29)23-41-18-16-28(17-19-41)35-22-32(40-43(35)8-2)20-27-12-14-33(15-13-27)46-38(4,5)6;/h9-15,21-22,26,28,30,34,36H,7-8,16-20,23-25H2,1-6H3,(H,44,45);1H3/t26-,30+,34-,36-;/m1./s1. The average molecular weight is 650 g/mol. The van der Waals surface area contributed by atoms with Crippen molar-refractivity contribution in [2.24, 2.45) is 11.8 Å². The number of aromatic nitrogens is 2. The van der Waals surface area contributed by atoms with Gasteiger partial charge in [0.25, 0.3) is 0 Å². The summed E-state index contributed by atoms with van der Waals surface area (Å²) in [6.07, 6.45) is 3.67. The lowest BCUT2D eigenvalue weighted by molar-refractivity contribution is -0.313. The minimum atomic E-state index is -1.01. The van der Waals surface area contributed by atoms with Crippen molar-refractivity contribution < 1.29 is 19.0 Å². The van der Waals surface area contributed by atoms with Gasteiger partial charge in [-0.05, 0) is 107 Å². The summed E-state index contributed by atoms with van der Waals surface area (Å²) in [6.45, 7) is 17.3. The highest BCUT2D eigenvalue weighted by molar-refractivity contribution is 5.71. The maximum Gasteiger partial charge on any atom is 0.123 e. The highest BCUT2D eigenvalue weighted by Crippen LogP contribution is 2.37. The second kappa shape index (κ2) is 15.8. The Morgan fingerprint density at radius 2 is 1.77 bits per heavy atom. The van der Waals surface area contributed by atoms with E-state index in [-0.39, 0.29) is 35.3 Å². The molecule has 9 heteroatoms. The zero-order valence-corrected chi connectivity index (χ0v) is 29.5. The molecule has 8 nitrogen and oxygen atoms in total. The first-order valence-electron chi connectivity index (χ1n) is 17.2. The third-order valence-electron chi connectivity index (χ3n) is 9.96. The number of benzene rings is 2. The molecule has 5 rings (SSSR count). The summed E-state index contributed by atoms with van der Waals surface area (Å²) in [5.41, 5.74) is 4.37. The summed E-state index contributed by atoms with van der Waals surface area (Å²) in [7, 11) is 0. The predicted molar refractivity (Wildman–Crippen MR) is 184 cm³/mol. The molecular formula is C38H56FN5O3. The zero-order chi connectivity index (χ0) is 33.0. The number of carboxylic acids is 1. The fourth-order valence-electron chi connectivity index (χ4n) is 7.53. The summed E-state index contributed by atoms with van der Waals surface area (Å²) in [4.78, 5) is 16.8. The van der Waals surface area contributed by atoms with Crippen LogP contribution in [-0.2, 0) is 17.8 Å². The highest BCUT2D eigenvalue weighted by atomic mass is 19.1. The molecule has 0 amide bonds. The number of hydrogen-bond acceptors (Lipinski definition) is 6. The molecule has 4 atom stereocenters. The summed E-state index contributed by atoms with van der Waals surface area (Å²) in [5.74, 6) is 0.369. The highest BCUT2D eigenvalue weighted by Gasteiger charge is 2.40. The van der Waals surface area contributed by atoms with E-state index in [1.165, 1.54) is 17.3 Å². The maximum atomic E-state index is 14.3. The fraction of sp³-hybridized carbons (Fsp3) is 0.579. The van der Waals surface area contributed by atoms with Crippen LogP contribution in [0.25, 0.3) is 0 Å². The van der Waals surface area contributed by atoms with Crippen molar-refractivity contribution in [2.45, 2.75) is 97.2 Å². The van der Waals surface area contributed by atoms with Gasteiger partial charge in [-0.2, -0.15) is 5.10 Å². The van der Waals surface area contributed by atoms with Gasteiger partial charge in [0.2, 0.25) is 0 Å². The first-order valence-corrected chi connectivity index (χ1v) is 17.2. The van der Waals surface area contributed by atoms with E-state index in [4.69, 9.17) is 9.84 Å². The lowest BCUT2D eigenvalue weighted by Crippen LogP contribution is -2.51. The van der Waals surface area contributed by atoms with Gasteiger partial charge in [0.05, 0.1) is 17.7 Å². The van der Waals surface area contributed by atoms with E-state index in [2.05, 4.69) is 60.4 Å².